The maximum Gasteiger partial charge on any atom is 0.0965 e. The highest BCUT2D eigenvalue weighted by molar-refractivity contribution is 9.09. The van der Waals surface area contributed by atoms with Gasteiger partial charge in [0.05, 0.1) is 22.4 Å². The Morgan fingerprint density at radius 2 is 1.89 bits per heavy atom. The van der Waals surface area contributed by atoms with E-state index in [4.69, 9.17) is 0 Å². The van der Waals surface area contributed by atoms with Crippen LogP contribution in [0, 0.1) is 0 Å². The third kappa shape index (κ3) is 1.93. The van der Waals surface area contributed by atoms with Crippen molar-refractivity contribution < 1.29 is 0 Å². The Bertz CT molecular complexity index is 683. The Kier molecular flexibility index (Phi) is 2.88. The van der Waals surface area contributed by atoms with Gasteiger partial charge in [-0.1, -0.05) is 57.5 Å². The lowest BCUT2D eigenvalue weighted by atomic mass is 10.1. The van der Waals surface area contributed by atoms with E-state index in [9.17, 15) is 0 Å². The number of rotatable bonds is 2. The summed E-state index contributed by atoms with van der Waals surface area (Å²) in [5, 5.41) is 10.7. The predicted molar refractivity (Wildman–Crippen MR) is 76.2 cm³/mol. The molecule has 0 radical (unpaired) electrons. The van der Waals surface area contributed by atoms with E-state index in [0.29, 0.717) is 0 Å². The first-order valence-electron chi connectivity index (χ1n) is 5.80. The summed E-state index contributed by atoms with van der Waals surface area (Å²) in [6.45, 7) is 2.04. The molecule has 4 heteroatoms. The summed E-state index contributed by atoms with van der Waals surface area (Å²) in [5.74, 6) is 0. The van der Waals surface area contributed by atoms with Crippen LogP contribution < -0.4 is 0 Å². The molecule has 0 saturated carbocycles. The summed E-state index contributed by atoms with van der Waals surface area (Å²) in [6.07, 6.45) is 1.96. The highest BCUT2D eigenvalue weighted by atomic mass is 79.9. The molecule has 90 valence electrons. The molecule has 1 aromatic heterocycles. The van der Waals surface area contributed by atoms with Crippen molar-refractivity contribution in [2.45, 2.75) is 11.8 Å². The molecule has 1 unspecified atom stereocenters. The topological polar surface area (TPSA) is 30.7 Å². The van der Waals surface area contributed by atoms with Crippen molar-refractivity contribution in [2.24, 2.45) is 0 Å². The maximum atomic E-state index is 4.19. The molecule has 3 aromatic rings. The molecule has 3 rings (SSSR count). The van der Waals surface area contributed by atoms with E-state index in [2.05, 4.69) is 50.5 Å². The monoisotopic (exact) mass is 301 g/mol. The summed E-state index contributed by atoms with van der Waals surface area (Å²) >= 11 is 3.50. The van der Waals surface area contributed by atoms with Crippen molar-refractivity contribution >= 4 is 26.7 Å². The Balaban J connectivity index is 2.18. The van der Waals surface area contributed by atoms with Gasteiger partial charge < -0.3 is 0 Å². The van der Waals surface area contributed by atoms with Crippen molar-refractivity contribution in [3.05, 3.63) is 54.4 Å². The lowest BCUT2D eigenvalue weighted by molar-refractivity contribution is 0.802. The average molecular weight is 302 g/mol. The Morgan fingerprint density at radius 3 is 2.67 bits per heavy atom. The van der Waals surface area contributed by atoms with Crippen molar-refractivity contribution in [2.75, 3.05) is 0 Å². The normalized spacial score (nSPS) is 12.8. The standard InChI is InChI=1S/C14H12BrN3/c1-10(15)13-9-18(17-16-13)14-8-4-6-11-5-2-3-7-12(11)14/h2-10H,1H3. The molecular weight excluding hydrogens is 290 g/mol. The van der Waals surface area contributed by atoms with E-state index in [-0.39, 0.29) is 4.83 Å². The second-order valence-electron chi connectivity index (χ2n) is 4.20. The second kappa shape index (κ2) is 4.53. The van der Waals surface area contributed by atoms with E-state index < -0.39 is 0 Å². The molecule has 0 aliphatic carbocycles. The molecule has 0 spiro atoms. The molecule has 2 aromatic carbocycles. The Labute approximate surface area is 114 Å². The largest absolute Gasteiger partial charge is 0.220 e. The third-order valence-electron chi connectivity index (χ3n) is 2.93. The summed E-state index contributed by atoms with van der Waals surface area (Å²) in [7, 11) is 0. The minimum atomic E-state index is 0.209. The summed E-state index contributed by atoms with van der Waals surface area (Å²) in [4.78, 5) is 0.209. The quantitative estimate of drug-likeness (QED) is 0.673. The van der Waals surface area contributed by atoms with Gasteiger partial charge in [0.2, 0.25) is 0 Å². The van der Waals surface area contributed by atoms with Crippen LogP contribution in [0.2, 0.25) is 0 Å². The zero-order valence-electron chi connectivity index (χ0n) is 9.92. The maximum absolute atomic E-state index is 4.19. The van der Waals surface area contributed by atoms with Gasteiger partial charge in [-0.15, -0.1) is 5.10 Å². The average Bonchev–Trinajstić information content (AvgIpc) is 2.87. The van der Waals surface area contributed by atoms with Gasteiger partial charge in [0, 0.05) is 5.39 Å². The highest BCUT2D eigenvalue weighted by Crippen LogP contribution is 2.24. The molecule has 1 atom stereocenters. The first kappa shape index (κ1) is 11.4. The van der Waals surface area contributed by atoms with Crippen molar-refractivity contribution in [3.63, 3.8) is 0 Å². The minimum Gasteiger partial charge on any atom is -0.220 e. The smallest absolute Gasteiger partial charge is 0.0965 e. The van der Waals surface area contributed by atoms with Crippen LogP contribution in [0.3, 0.4) is 0 Å². The number of hydrogen-bond donors (Lipinski definition) is 0. The molecule has 0 aliphatic heterocycles. The summed E-state index contributed by atoms with van der Waals surface area (Å²) in [6, 6.07) is 14.5. The highest BCUT2D eigenvalue weighted by Gasteiger charge is 2.09. The number of fused-ring (bicyclic) bond motifs is 1. The van der Waals surface area contributed by atoms with Crippen LogP contribution >= 0.6 is 15.9 Å². The van der Waals surface area contributed by atoms with E-state index in [1.165, 1.54) is 10.8 Å². The SMILES string of the molecule is CC(Br)c1cn(-c2cccc3ccccc23)nn1. The van der Waals surface area contributed by atoms with Crippen LogP contribution in [-0.4, -0.2) is 15.0 Å². The minimum absolute atomic E-state index is 0.209. The molecular formula is C14H12BrN3. The lowest BCUT2D eigenvalue weighted by Gasteiger charge is -2.05. The summed E-state index contributed by atoms with van der Waals surface area (Å²) in [5.41, 5.74) is 1.99. The van der Waals surface area contributed by atoms with E-state index in [0.717, 1.165) is 11.4 Å². The van der Waals surface area contributed by atoms with Crippen LogP contribution in [0.1, 0.15) is 17.4 Å². The van der Waals surface area contributed by atoms with Gasteiger partial charge >= 0.3 is 0 Å². The van der Waals surface area contributed by atoms with Gasteiger partial charge in [-0.2, -0.15) is 0 Å². The fraction of sp³-hybridized carbons (Fsp3) is 0.143. The van der Waals surface area contributed by atoms with Crippen molar-refractivity contribution in [1.82, 2.24) is 15.0 Å². The zero-order valence-corrected chi connectivity index (χ0v) is 11.5. The van der Waals surface area contributed by atoms with Crippen LogP contribution in [-0.2, 0) is 0 Å². The molecule has 0 aliphatic rings. The second-order valence-corrected chi connectivity index (χ2v) is 5.58. The van der Waals surface area contributed by atoms with Crippen LogP contribution in [0.15, 0.2) is 48.7 Å². The fourth-order valence-corrected chi connectivity index (χ4v) is 2.19. The van der Waals surface area contributed by atoms with Crippen molar-refractivity contribution in [1.29, 1.82) is 0 Å². The van der Waals surface area contributed by atoms with Gasteiger partial charge in [0.1, 0.15) is 0 Å². The number of benzene rings is 2. The van der Waals surface area contributed by atoms with Gasteiger partial charge in [0.25, 0.3) is 0 Å². The molecule has 18 heavy (non-hydrogen) atoms. The third-order valence-corrected chi connectivity index (χ3v) is 3.40. The van der Waals surface area contributed by atoms with E-state index >= 15 is 0 Å². The Morgan fingerprint density at radius 1 is 1.11 bits per heavy atom. The Hall–Kier alpha value is -1.68. The van der Waals surface area contributed by atoms with Crippen LogP contribution in [0.25, 0.3) is 16.5 Å². The van der Waals surface area contributed by atoms with Gasteiger partial charge in [0.15, 0.2) is 0 Å². The number of halogens is 1. The van der Waals surface area contributed by atoms with Gasteiger partial charge in [-0.05, 0) is 18.4 Å². The molecule has 0 saturated heterocycles. The number of nitrogens with zero attached hydrogens (tertiary/aromatic N) is 3. The molecule has 0 amide bonds. The van der Waals surface area contributed by atoms with E-state index in [1.807, 2.05) is 36.0 Å². The lowest BCUT2D eigenvalue weighted by Crippen LogP contribution is -1.95. The van der Waals surface area contributed by atoms with Gasteiger partial charge in [-0.3, -0.25) is 0 Å². The zero-order chi connectivity index (χ0) is 12.5. The first-order valence-corrected chi connectivity index (χ1v) is 6.72. The molecule has 3 nitrogen and oxygen atoms in total. The molecule has 0 bridgehead atoms. The number of alkyl halides is 1. The van der Waals surface area contributed by atoms with Crippen LogP contribution in [0.5, 0.6) is 0 Å². The van der Waals surface area contributed by atoms with Gasteiger partial charge in [-0.25, -0.2) is 4.68 Å². The predicted octanol–water partition coefficient (Wildman–Crippen LogP) is 3.88. The molecule has 1 heterocycles. The summed E-state index contributed by atoms with van der Waals surface area (Å²) < 4.78 is 1.83. The molecule has 0 N–H and O–H groups in total. The fourth-order valence-electron chi connectivity index (χ4n) is 1.98. The van der Waals surface area contributed by atoms with Crippen molar-refractivity contribution in [3.8, 4) is 5.69 Å². The van der Waals surface area contributed by atoms with E-state index in [1.54, 1.807) is 0 Å². The first-order chi connectivity index (χ1) is 8.75. The number of aromatic nitrogens is 3. The number of hydrogen-bond acceptors (Lipinski definition) is 2. The molecule has 0 fully saturated rings. The van der Waals surface area contributed by atoms with Crippen LogP contribution in [0.4, 0.5) is 0 Å².